The highest BCUT2D eigenvalue weighted by molar-refractivity contribution is 6.46. The normalized spacial score (nSPS) is 18.0. The van der Waals surface area contributed by atoms with E-state index in [0.717, 1.165) is 0 Å². The molecule has 2 aromatic rings. The second-order valence-electron chi connectivity index (χ2n) is 7.43. The first kappa shape index (κ1) is 24.0. The Morgan fingerprint density at radius 1 is 1.19 bits per heavy atom. The van der Waals surface area contributed by atoms with Gasteiger partial charge in [-0.05, 0) is 43.7 Å². The number of hydrogen-bond donors (Lipinski definition) is 1. The molecule has 0 spiro atoms. The molecular formula is C23H22Cl2FNO5. The van der Waals surface area contributed by atoms with Gasteiger partial charge in [0.2, 0.25) is 0 Å². The molecule has 1 N–H and O–H groups in total. The summed E-state index contributed by atoms with van der Waals surface area (Å²) in [4.78, 5) is 27.2. The van der Waals surface area contributed by atoms with Crippen molar-refractivity contribution in [3.63, 3.8) is 0 Å². The number of hydrogen-bond acceptors (Lipinski definition) is 5. The summed E-state index contributed by atoms with van der Waals surface area (Å²) < 4.78 is 24.4. The molecule has 0 aromatic heterocycles. The summed E-state index contributed by atoms with van der Waals surface area (Å²) in [6.07, 6.45) is -0.0750. The summed E-state index contributed by atoms with van der Waals surface area (Å²) in [5.41, 5.74) is 0.333. The summed E-state index contributed by atoms with van der Waals surface area (Å²) in [5.74, 6) is -2.57. The summed E-state index contributed by atoms with van der Waals surface area (Å²) >= 11 is 12.3. The van der Waals surface area contributed by atoms with Crippen LogP contribution in [0.3, 0.4) is 0 Å². The highest BCUT2D eigenvalue weighted by atomic mass is 35.5. The number of benzene rings is 2. The molecule has 3 rings (SSSR count). The van der Waals surface area contributed by atoms with Crippen LogP contribution in [0.5, 0.6) is 5.75 Å². The highest BCUT2D eigenvalue weighted by Crippen LogP contribution is 2.43. The Kier molecular flexibility index (Phi) is 7.44. The van der Waals surface area contributed by atoms with Gasteiger partial charge in [0, 0.05) is 11.6 Å². The van der Waals surface area contributed by atoms with Crippen molar-refractivity contribution >= 4 is 40.7 Å². The number of Topliss-reactive ketones (excluding diaryl/α,β-unsaturated/α-hetero) is 1. The highest BCUT2D eigenvalue weighted by Gasteiger charge is 2.46. The Morgan fingerprint density at radius 2 is 1.84 bits per heavy atom. The fourth-order valence-corrected chi connectivity index (χ4v) is 4.15. The van der Waals surface area contributed by atoms with Gasteiger partial charge in [0.05, 0.1) is 42.0 Å². The maximum atomic E-state index is 13.5. The number of aliphatic hydroxyl groups excluding tert-OH is 1. The van der Waals surface area contributed by atoms with Crippen molar-refractivity contribution in [1.29, 1.82) is 0 Å². The number of likely N-dealkylation sites (tertiary alicyclic amines) is 1. The van der Waals surface area contributed by atoms with E-state index in [0.29, 0.717) is 5.56 Å². The van der Waals surface area contributed by atoms with Crippen LogP contribution in [0.1, 0.15) is 31.0 Å². The quantitative estimate of drug-likeness (QED) is 0.342. The number of halogens is 3. The van der Waals surface area contributed by atoms with Gasteiger partial charge in [0.25, 0.3) is 11.7 Å². The van der Waals surface area contributed by atoms with E-state index < -0.39 is 29.3 Å². The summed E-state index contributed by atoms with van der Waals surface area (Å²) in [7, 11) is 1.35. The van der Waals surface area contributed by atoms with Gasteiger partial charge >= 0.3 is 0 Å². The van der Waals surface area contributed by atoms with Crippen LogP contribution in [0.25, 0.3) is 5.76 Å². The first-order chi connectivity index (χ1) is 15.1. The molecule has 1 fully saturated rings. The van der Waals surface area contributed by atoms with Crippen molar-refractivity contribution in [3.05, 3.63) is 69.0 Å². The maximum absolute atomic E-state index is 13.5. The van der Waals surface area contributed by atoms with Crippen molar-refractivity contribution in [1.82, 2.24) is 4.90 Å². The predicted molar refractivity (Wildman–Crippen MR) is 120 cm³/mol. The fourth-order valence-electron chi connectivity index (χ4n) is 3.58. The Hall–Kier alpha value is -2.61. The fraction of sp³-hybridized carbons (Fsp3) is 0.304. The lowest BCUT2D eigenvalue weighted by Crippen LogP contribution is -2.33. The lowest BCUT2D eigenvalue weighted by Gasteiger charge is -2.26. The van der Waals surface area contributed by atoms with Crippen LogP contribution in [0, 0.1) is 5.82 Å². The number of nitrogens with zero attached hydrogens (tertiary/aromatic N) is 1. The molecule has 170 valence electrons. The minimum Gasteiger partial charge on any atom is -0.507 e. The molecule has 1 amide bonds. The third-order valence-corrected chi connectivity index (χ3v) is 5.48. The largest absolute Gasteiger partial charge is 0.507 e. The number of ether oxygens (including phenoxy) is 2. The number of rotatable bonds is 7. The molecule has 1 heterocycles. The maximum Gasteiger partial charge on any atom is 0.295 e. The van der Waals surface area contributed by atoms with Gasteiger partial charge in [-0.25, -0.2) is 4.39 Å². The molecule has 1 aliphatic heterocycles. The molecule has 1 atom stereocenters. The first-order valence-electron chi connectivity index (χ1n) is 9.84. The van der Waals surface area contributed by atoms with Gasteiger partial charge in [-0.15, -0.1) is 0 Å². The van der Waals surface area contributed by atoms with E-state index in [-0.39, 0.29) is 46.2 Å². The van der Waals surface area contributed by atoms with E-state index >= 15 is 0 Å². The molecule has 1 saturated heterocycles. The second kappa shape index (κ2) is 9.90. The smallest absolute Gasteiger partial charge is 0.295 e. The lowest BCUT2D eigenvalue weighted by atomic mass is 9.95. The van der Waals surface area contributed by atoms with E-state index in [2.05, 4.69) is 0 Å². The number of methoxy groups -OCH3 is 1. The zero-order chi connectivity index (χ0) is 23.6. The topological polar surface area (TPSA) is 76.1 Å². The van der Waals surface area contributed by atoms with Crippen molar-refractivity contribution < 1.29 is 28.6 Å². The standard InChI is InChI=1S/C23H22Cl2FNO5/c1-12(2)32-9-8-27-19(13-4-6-15(26)7-5-13)18(21(29)23(27)30)20(28)16-10-14(24)11-17(25)22(16)31-3/h4-7,10-12,19,28H,8-9H2,1-3H3/b20-18+. The van der Waals surface area contributed by atoms with E-state index in [1.165, 1.54) is 48.4 Å². The second-order valence-corrected chi connectivity index (χ2v) is 8.28. The monoisotopic (exact) mass is 481 g/mol. The third kappa shape index (κ3) is 4.75. The van der Waals surface area contributed by atoms with Crippen LogP contribution >= 0.6 is 23.2 Å². The zero-order valence-corrected chi connectivity index (χ0v) is 19.2. The molecular weight excluding hydrogens is 460 g/mol. The number of ketones is 1. The number of aliphatic hydroxyl groups is 1. The van der Waals surface area contributed by atoms with Gasteiger partial charge in [-0.2, -0.15) is 0 Å². The van der Waals surface area contributed by atoms with Gasteiger partial charge < -0.3 is 19.5 Å². The molecule has 1 aliphatic rings. The van der Waals surface area contributed by atoms with Crippen molar-refractivity contribution in [2.75, 3.05) is 20.3 Å². The van der Waals surface area contributed by atoms with E-state index in [1.54, 1.807) is 0 Å². The third-order valence-electron chi connectivity index (χ3n) is 4.98. The van der Waals surface area contributed by atoms with E-state index in [9.17, 15) is 19.1 Å². The van der Waals surface area contributed by atoms with Gasteiger partial charge in [0.15, 0.2) is 0 Å². The Labute approximate surface area is 195 Å². The Morgan fingerprint density at radius 3 is 2.44 bits per heavy atom. The molecule has 0 saturated carbocycles. The average Bonchev–Trinajstić information content (AvgIpc) is 2.98. The average molecular weight is 482 g/mol. The van der Waals surface area contributed by atoms with Crippen LogP contribution in [-0.2, 0) is 14.3 Å². The predicted octanol–water partition coefficient (Wildman–Crippen LogP) is 4.99. The SMILES string of the molecule is COc1c(Cl)cc(Cl)cc1/C(O)=C1\C(=O)C(=O)N(CCOC(C)C)C1c1ccc(F)cc1. The first-order valence-corrected chi connectivity index (χ1v) is 10.6. The number of carbonyl (C=O) groups is 2. The molecule has 2 aromatic carbocycles. The Bertz CT molecular complexity index is 1070. The minimum absolute atomic E-state index is 0.0635. The summed E-state index contributed by atoms with van der Waals surface area (Å²) in [5, 5.41) is 11.5. The van der Waals surface area contributed by atoms with Gasteiger partial charge in [0.1, 0.15) is 17.3 Å². The Balaban J connectivity index is 2.18. The van der Waals surface area contributed by atoms with Crippen LogP contribution in [0.2, 0.25) is 10.0 Å². The number of carbonyl (C=O) groups excluding carboxylic acids is 2. The van der Waals surface area contributed by atoms with Crippen molar-refractivity contribution in [2.24, 2.45) is 0 Å². The summed E-state index contributed by atoms with van der Waals surface area (Å²) in [6, 6.07) is 7.20. The molecule has 0 radical (unpaired) electrons. The van der Waals surface area contributed by atoms with E-state index in [1.807, 2.05) is 13.8 Å². The van der Waals surface area contributed by atoms with Crippen LogP contribution in [0.4, 0.5) is 4.39 Å². The molecule has 32 heavy (non-hydrogen) atoms. The zero-order valence-electron chi connectivity index (χ0n) is 17.7. The van der Waals surface area contributed by atoms with E-state index in [4.69, 9.17) is 32.7 Å². The van der Waals surface area contributed by atoms with Crippen LogP contribution in [-0.4, -0.2) is 48.1 Å². The van der Waals surface area contributed by atoms with Gasteiger partial charge in [-0.3, -0.25) is 9.59 Å². The van der Waals surface area contributed by atoms with Crippen LogP contribution < -0.4 is 4.74 Å². The van der Waals surface area contributed by atoms with Crippen molar-refractivity contribution in [3.8, 4) is 5.75 Å². The molecule has 1 unspecified atom stereocenters. The molecule has 9 heteroatoms. The van der Waals surface area contributed by atoms with Gasteiger partial charge in [-0.1, -0.05) is 35.3 Å². The molecule has 0 aliphatic carbocycles. The molecule has 6 nitrogen and oxygen atoms in total. The minimum atomic E-state index is -0.964. The number of amides is 1. The molecule has 0 bridgehead atoms. The summed E-state index contributed by atoms with van der Waals surface area (Å²) in [6.45, 7) is 3.96. The van der Waals surface area contributed by atoms with Crippen LogP contribution in [0.15, 0.2) is 42.0 Å². The lowest BCUT2D eigenvalue weighted by molar-refractivity contribution is -0.140. The van der Waals surface area contributed by atoms with Crippen molar-refractivity contribution in [2.45, 2.75) is 26.0 Å².